The van der Waals surface area contributed by atoms with Gasteiger partial charge in [-0.3, -0.25) is 4.79 Å². The molecule has 21 heavy (non-hydrogen) atoms. The van der Waals surface area contributed by atoms with Gasteiger partial charge >= 0.3 is 6.18 Å². The molecule has 1 amide bonds. The molecule has 1 rings (SSSR count). The van der Waals surface area contributed by atoms with Gasteiger partial charge in [0.05, 0.1) is 0 Å². The molecule has 120 valence electrons. The minimum atomic E-state index is -4.40. The number of nitrogens with two attached hydrogens (primary N) is 1. The lowest BCUT2D eigenvalue weighted by Gasteiger charge is -2.13. The molecule has 1 unspecified atom stereocenters. The Hall–Kier alpha value is -1.47. The summed E-state index contributed by atoms with van der Waals surface area (Å²) in [6.07, 6.45) is -4.27. The smallest absolute Gasteiger partial charge is 0.422 e. The topological polar surface area (TPSA) is 64.3 Å². The highest BCUT2D eigenvalue weighted by molar-refractivity contribution is 5.92. The van der Waals surface area contributed by atoms with Gasteiger partial charge in [-0.25, -0.2) is 0 Å². The molecule has 0 aliphatic carbocycles. The molecular formula is C13H18ClF3N2O2. The highest BCUT2D eigenvalue weighted by Crippen LogP contribution is 2.24. The predicted octanol–water partition coefficient (Wildman–Crippen LogP) is 3.03. The number of hydrogen-bond acceptors (Lipinski definition) is 3. The Morgan fingerprint density at radius 2 is 2.05 bits per heavy atom. The molecule has 0 aliphatic rings. The third kappa shape index (κ3) is 7.77. The van der Waals surface area contributed by atoms with E-state index in [0.29, 0.717) is 5.69 Å². The first kappa shape index (κ1) is 19.5. The molecule has 1 aromatic rings. The van der Waals surface area contributed by atoms with Crippen LogP contribution in [0.15, 0.2) is 18.2 Å². The molecule has 0 bridgehead atoms. The minimum absolute atomic E-state index is 0. The number of rotatable bonds is 5. The van der Waals surface area contributed by atoms with Crippen molar-refractivity contribution in [1.82, 2.24) is 0 Å². The van der Waals surface area contributed by atoms with Crippen molar-refractivity contribution in [3.8, 4) is 5.75 Å². The summed E-state index contributed by atoms with van der Waals surface area (Å²) >= 11 is 0. The van der Waals surface area contributed by atoms with Crippen LogP contribution in [0, 0.1) is 6.92 Å². The molecule has 0 fully saturated rings. The minimum Gasteiger partial charge on any atom is -0.484 e. The first-order valence-electron chi connectivity index (χ1n) is 6.03. The zero-order valence-corrected chi connectivity index (χ0v) is 12.5. The summed E-state index contributed by atoms with van der Waals surface area (Å²) in [5.74, 6) is -0.250. The average molecular weight is 327 g/mol. The fourth-order valence-electron chi connectivity index (χ4n) is 1.48. The normalized spacial score (nSPS) is 12.3. The zero-order valence-electron chi connectivity index (χ0n) is 11.7. The molecule has 0 saturated heterocycles. The Bertz CT molecular complexity index is 479. The van der Waals surface area contributed by atoms with Crippen LogP contribution >= 0.6 is 12.4 Å². The molecule has 1 aromatic carbocycles. The first-order valence-corrected chi connectivity index (χ1v) is 6.03. The summed E-state index contributed by atoms with van der Waals surface area (Å²) in [5, 5.41) is 2.60. The van der Waals surface area contributed by atoms with Gasteiger partial charge < -0.3 is 15.8 Å². The van der Waals surface area contributed by atoms with Gasteiger partial charge in [0.2, 0.25) is 5.91 Å². The molecule has 8 heteroatoms. The van der Waals surface area contributed by atoms with Gasteiger partial charge in [0.25, 0.3) is 0 Å². The van der Waals surface area contributed by atoms with E-state index in [1.54, 1.807) is 19.9 Å². The van der Waals surface area contributed by atoms with Gasteiger partial charge in [0.1, 0.15) is 5.75 Å². The van der Waals surface area contributed by atoms with Crippen LogP contribution in [0.3, 0.4) is 0 Å². The quantitative estimate of drug-likeness (QED) is 0.874. The van der Waals surface area contributed by atoms with Crippen LogP contribution < -0.4 is 15.8 Å². The highest BCUT2D eigenvalue weighted by atomic mass is 35.5. The molecule has 0 saturated carbocycles. The van der Waals surface area contributed by atoms with E-state index in [0.717, 1.165) is 5.56 Å². The van der Waals surface area contributed by atoms with Crippen LogP contribution in [0.1, 0.15) is 18.9 Å². The SMILES string of the molecule is Cc1ccc(OCC(F)(F)F)cc1NC(=O)CC(C)N.Cl. The van der Waals surface area contributed by atoms with E-state index >= 15 is 0 Å². The number of carbonyl (C=O) groups excluding carboxylic acids is 1. The lowest BCUT2D eigenvalue weighted by atomic mass is 10.1. The first-order chi connectivity index (χ1) is 9.17. The maximum atomic E-state index is 12.1. The predicted molar refractivity (Wildman–Crippen MR) is 76.9 cm³/mol. The number of carbonyl (C=O) groups is 1. The second-order valence-corrected chi connectivity index (χ2v) is 4.61. The number of alkyl halides is 3. The van der Waals surface area contributed by atoms with E-state index in [1.165, 1.54) is 12.1 Å². The Balaban J connectivity index is 0.00000400. The number of amides is 1. The number of benzene rings is 1. The molecule has 0 heterocycles. The van der Waals surface area contributed by atoms with Crippen molar-refractivity contribution in [2.24, 2.45) is 5.73 Å². The fourth-order valence-corrected chi connectivity index (χ4v) is 1.48. The van der Waals surface area contributed by atoms with E-state index in [-0.39, 0.29) is 36.5 Å². The summed E-state index contributed by atoms with van der Waals surface area (Å²) < 4.78 is 40.8. The van der Waals surface area contributed by atoms with Crippen molar-refractivity contribution in [3.05, 3.63) is 23.8 Å². The zero-order chi connectivity index (χ0) is 15.3. The van der Waals surface area contributed by atoms with E-state index in [2.05, 4.69) is 10.1 Å². The molecule has 0 radical (unpaired) electrons. The Morgan fingerprint density at radius 3 is 2.57 bits per heavy atom. The van der Waals surface area contributed by atoms with Crippen LogP contribution in [0.4, 0.5) is 18.9 Å². The molecule has 0 aromatic heterocycles. The molecular weight excluding hydrogens is 309 g/mol. The summed E-state index contributed by atoms with van der Waals surface area (Å²) in [4.78, 5) is 11.6. The van der Waals surface area contributed by atoms with Crippen LogP contribution in [0.2, 0.25) is 0 Å². The Labute approximate surface area is 127 Å². The van der Waals surface area contributed by atoms with Crippen LogP contribution in [0.25, 0.3) is 0 Å². The maximum Gasteiger partial charge on any atom is 0.422 e. The van der Waals surface area contributed by atoms with E-state index < -0.39 is 12.8 Å². The Morgan fingerprint density at radius 1 is 1.43 bits per heavy atom. The number of halogens is 4. The summed E-state index contributed by atoms with van der Waals surface area (Å²) in [6.45, 7) is 2.05. The standard InChI is InChI=1S/C13H17F3N2O2.ClH/c1-8-3-4-10(20-7-13(14,15)16)6-11(8)18-12(19)5-9(2)17;/h3-4,6,9H,5,7,17H2,1-2H3,(H,18,19);1H. The summed E-state index contributed by atoms with van der Waals surface area (Å²) in [5.41, 5.74) is 6.64. The number of hydrogen-bond donors (Lipinski definition) is 2. The summed E-state index contributed by atoms with van der Waals surface area (Å²) in [7, 11) is 0. The molecule has 4 nitrogen and oxygen atoms in total. The largest absolute Gasteiger partial charge is 0.484 e. The van der Waals surface area contributed by atoms with Gasteiger partial charge in [-0.1, -0.05) is 6.07 Å². The lowest BCUT2D eigenvalue weighted by Crippen LogP contribution is -2.24. The maximum absolute atomic E-state index is 12.1. The molecule has 0 spiro atoms. The monoisotopic (exact) mass is 326 g/mol. The van der Waals surface area contributed by atoms with Gasteiger partial charge in [-0.05, 0) is 25.5 Å². The van der Waals surface area contributed by atoms with Gasteiger partial charge in [0, 0.05) is 24.2 Å². The molecule has 3 N–H and O–H groups in total. The van der Waals surface area contributed by atoms with Crippen molar-refractivity contribution in [2.45, 2.75) is 32.5 Å². The highest BCUT2D eigenvalue weighted by Gasteiger charge is 2.28. The van der Waals surface area contributed by atoms with Crippen molar-refractivity contribution in [2.75, 3.05) is 11.9 Å². The number of nitrogens with one attached hydrogen (secondary N) is 1. The number of anilines is 1. The van der Waals surface area contributed by atoms with E-state index in [9.17, 15) is 18.0 Å². The van der Waals surface area contributed by atoms with Gasteiger partial charge in [0.15, 0.2) is 6.61 Å². The van der Waals surface area contributed by atoms with Crippen molar-refractivity contribution >= 4 is 24.0 Å². The Kier molecular flexibility index (Phi) is 7.52. The van der Waals surface area contributed by atoms with Crippen molar-refractivity contribution in [1.29, 1.82) is 0 Å². The number of aryl methyl sites for hydroxylation is 1. The van der Waals surface area contributed by atoms with Gasteiger partial charge in [-0.15, -0.1) is 12.4 Å². The third-order valence-electron chi connectivity index (χ3n) is 2.39. The second-order valence-electron chi connectivity index (χ2n) is 4.61. The average Bonchev–Trinajstić information content (AvgIpc) is 2.28. The van der Waals surface area contributed by atoms with Crippen LogP contribution in [-0.4, -0.2) is 24.7 Å². The molecule has 1 atom stereocenters. The summed E-state index contributed by atoms with van der Waals surface area (Å²) in [6, 6.07) is 4.07. The van der Waals surface area contributed by atoms with Crippen molar-refractivity contribution < 1.29 is 22.7 Å². The molecule has 0 aliphatic heterocycles. The van der Waals surface area contributed by atoms with Crippen LogP contribution in [-0.2, 0) is 4.79 Å². The number of ether oxygens (including phenoxy) is 1. The third-order valence-corrected chi connectivity index (χ3v) is 2.39. The van der Waals surface area contributed by atoms with E-state index in [1.807, 2.05) is 0 Å². The van der Waals surface area contributed by atoms with E-state index in [4.69, 9.17) is 5.73 Å². The van der Waals surface area contributed by atoms with Crippen LogP contribution in [0.5, 0.6) is 5.75 Å². The van der Waals surface area contributed by atoms with Gasteiger partial charge in [-0.2, -0.15) is 13.2 Å². The van der Waals surface area contributed by atoms with Crippen molar-refractivity contribution in [3.63, 3.8) is 0 Å². The lowest BCUT2D eigenvalue weighted by molar-refractivity contribution is -0.153. The second kappa shape index (κ2) is 8.09. The fraction of sp³-hybridized carbons (Fsp3) is 0.462.